The number of ether oxygens (including phenoxy) is 1. The lowest BCUT2D eigenvalue weighted by Crippen LogP contribution is -2.52. The van der Waals surface area contributed by atoms with Gasteiger partial charge in [-0.1, -0.05) is 60.5 Å². The van der Waals surface area contributed by atoms with Gasteiger partial charge >= 0.3 is 0 Å². The van der Waals surface area contributed by atoms with Gasteiger partial charge < -0.3 is 24.8 Å². The molecule has 1 atom stereocenters. The number of rotatable bonds is 13. The van der Waals surface area contributed by atoms with Crippen LogP contribution in [-0.2, 0) is 20.9 Å². The third-order valence-corrected chi connectivity index (χ3v) is 11.6. The molecule has 0 saturated carbocycles. The van der Waals surface area contributed by atoms with Crippen LogP contribution in [-0.4, -0.2) is 79.3 Å². The maximum absolute atomic E-state index is 13.8. The highest BCUT2D eigenvalue weighted by molar-refractivity contribution is 6.35. The van der Waals surface area contributed by atoms with Gasteiger partial charge in [0.2, 0.25) is 17.7 Å². The average Bonchev–Trinajstić information content (AvgIpc) is 3.84. The van der Waals surface area contributed by atoms with E-state index in [9.17, 15) is 24.0 Å². The summed E-state index contributed by atoms with van der Waals surface area (Å²) in [6.45, 7) is 1.56. The number of imide groups is 1. The van der Waals surface area contributed by atoms with E-state index in [0.29, 0.717) is 83.9 Å². The van der Waals surface area contributed by atoms with Crippen molar-refractivity contribution in [2.24, 2.45) is 0 Å². The molecular formula is C46H44ClN7O6. The van der Waals surface area contributed by atoms with Gasteiger partial charge in [-0.3, -0.25) is 29.3 Å². The van der Waals surface area contributed by atoms with Gasteiger partial charge in [-0.25, -0.2) is 9.97 Å². The molecule has 3 aliphatic heterocycles. The van der Waals surface area contributed by atoms with E-state index in [1.807, 2.05) is 47.4 Å². The third-order valence-electron chi connectivity index (χ3n) is 11.3. The lowest BCUT2D eigenvalue weighted by molar-refractivity contribution is -0.137. The number of likely N-dealkylation sites (tertiary alicyclic amines) is 1. The molecule has 3 N–H and O–H groups in total. The Morgan fingerprint density at radius 1 is 0.900 bits per heavy atom. The van der Waals surface area contributed by atoms with Crippen molar-refractivity contribution in [2.45, 2.75) is 82.8 Å². The summed E-state index contributed by atoms with van der Waals surface area (Å²) >= 11 is 6.60. The topological polar surface area (TPSA) is 167 Å². The molecule has 5 aromatic rings. The van der Waals surface area contributed by atoms with Crippen LogP contribution in [0.4, 0.5) is 5.82 Å². The van der Waals surface area contributed by atoms with E-state index in [1.165, 1.54) is 6.33 Å². The highest BCUT2D eigenvalue weighted by Gasteiger charge is 2.39. The summed E-state index contributed by atoms with van der Waals surface area (Å²) < 4.78 is 5.88. The SMILES string of the molecule is O=C1CCC(N2Cc3c(C#CCCCCCCC(=O)N4CCC(Nc5ncnc6[nH]cc(C(=O)c7ccc(Oc8ccccc8)cc7Cl)c56)CC4)cccc3C2=O)C(=O)N1. The van der Waals surface area contributed by atoms with E-state index >= 15 is 0 Å². The first-order valence-electron chi connectivity index (χ1n) is 20.4. The Morgan fingerprint density at radius 3 is 2.52 bits per heavy atom. The number of aromatic nitrogens is 3. The molecule has 0 aliphatic carbocycles. The van der Waals surface area contributed by atoms with Gasteiger partial charge in [-0.2, -0.15) is 0 Å². The van der Waals surface area contributed by atoms with Crippen LogP contribution in [0.25, 0.3) is 11.0 Å². The third kappa shape index (κ3) is 8.89. The monoisotopic (exact) mass is 825 g/mol. The van der Waals surface area contributed by atoms with Crippen molar-refractivity contribution in [3.63, 3.8) is 0 Å². The number of unbranched alkanes of at least 4 members (excludes halogenated alkanes) is 4. The molecule has 13 nitrogen and oxygen atoms in total. The summed E-state index contributed by atoms with van der Waals surface area (Å²) in [5, 5.41) is 6.72. The van der Waals surface area contributed by atoms with Crippen molar-refractivity contribution in [3.05, 3.63) is 112 Å². The average molecular weight is 826 g/mol. The smallest absolute Gasteiger partial charge is 0.255 e. The second-order valence-electron chi connectivity index (χ2n) is 15.3. The molecule has 2 saturated heterocycles. The molecule has 1 unspecified atom stereocenters. The second-order valence-corrected chi connectivity index (χ2v) is 15.7. The zero-order valence-corrected chi connectivity index (χ0v) is 33.7. The van der Waals surface area contributed by atoms with Gasteiger partial charge in [0, 0.05) is 73.9 Å². The molecule has 0 radical (unpaired) electrons. The van der Waals surface area contributed by atoms with Gasteiger partial charge in [0.25, 0.3) is 5.91 Å². The Labute approximate surface area is 352 Å². The zero-order valence-electron chi connectivity index (χ0n) is 33.0. The Hall–Kier alpha value is -6.52. The van der Waals surface area contributed by atoms with Gasteiger partial charge in [-0.05, 0) is 74.1 Å². The number of piperidine rings is 2. The van der Waals surface area contributed by atoms with Crippen LogP contribution in [0.5, 0.6) is 11.5 Å². The first-order chi connectivity index (χ1) is 29.2. The summed E-state index contributed by atoms with van der Waals surface area (Å²) in [6.07, 6.45) is 9.92. The van der Waals surface area contributed by atoms with Crippen LogP contribution >= 0.6 is 11.6 Å². The van der Waals surface area contributed by atoms with Crippen molar-refractivity contribution in [2.75, 3.05) is 18.4 Å². The van der Waals surface area contributed by atoms with E-state index < -0.39 is 11.9 Å². The van der Waals surface area contributed by atoms with Crippen molar-refractivity contribution >= 4 is 57.9 Å². The zero-order chi connectivity index (χ0) is 41.6. The number of para-hydroxylation sites is 1. The molecular weight excluding hydrogens is 782 g/mol. The van der Waals surface area contributed by atoms with Crippen LogP contribution in [0.3, 0.4) is 0 Å². The molecule has 14 heteroatoms. The molecule has 4 amide bonds. The molecule has 2 fully saturated rings. The number of hydrogen-bond donors (Lipinski definition) is 3. The summed E-state index contributed by atoms with van der Waals surface area (Å²) in [5.41, 5.74) is 3.44. The fourth-order valence-electron chi connectivity index (χ4n) is 8.09. The number of amides is 4. The van der Waals surface area contributed by atoms with Crippen molar-refractivity contribution in [1.82, 2.24) is 30.1 Å². The van der Waals surface area contributed by atoms with Crippen molar-refractivity contribution < 1.29 is 28.7 Å². The number of halogens is 1. The largest absolute Gasteiger partial charge is 0.457 e. The van der Waals surface area contributed by atoms with E-state index in [0.717, 1.165) is 49.7 Å². The van der Waals surface area contributed by atoms with E-state index in [2.05, 4.69) is 37.4 Å². The number of benzene rings is 3. The van der Waals surface area contributed by atoms with Gasteiger partial charge in [-0.15, -0.1) is 0 Å². The Kier molecular flexibility index (Phi) is 12.2. The highest BCUT2D eigenvalue weighted by Crippen LogP contribution is 2.33. The summed E-state index contributed by atoms with van der Waals surface area (Å²) in [7, 11) is 0. The second kappa shape index (κ2) is 18.2. The van der Waals surface area contributed by atoms with E-state index in [-0.39, 0.29) is 41.0 Å². The highest BCUT2D eigenvalue weighted by atomic mass is 35.5. The van der Waals surface area contributed by atoms with Crippen LogP contribution in [0.2, 0.25) is 5.02 Å². The number of carbonyl (C=O) groups is 5. The minimum absolute atomic E-state index is 0.0609. The molecule has 0 spiro atoms. The molecule has 60 heavy (non-hydrogen) atoms. The predicted octanol–water partition coefficient (Wildman–Crippen LogP) is 7.19. The van der Waals surface area contributed by atoms with Crippen LogP contribution in [0.1, 0.15) is 102 Å². The first kappa shape index (κ1) is 40.3. The lowest BCUT2D eigenvalue weighted by atomic mass is 10.0. The summed E-state index contributed by atoms with van der Waals surface area (Å²) in [6, 6.07) is 19.2. The minimum atomic E-state index is -0.654. The van der Waals surface area contributed by atoms with Gasteiger partial charge in [0.15, 0.2) is 5.78 Å². The van der Waals surface area contributed by atoms with Gasteiger partial charge in [0.05, 0.1) is 16.0 Å². The van der Waals surface area contributed by atoms with Crippen LogP contribution in [0, 0.1) is 11.8 Å². The standard InChI is InChI=1S/C46H44ClN7O6/c47-37-25-32(60-31-13-7-5-8-14-31)17-18-34(37)42(57)35-26-48-43-41(35)44(50-28-49-43)51-30-21-23-53(24-22-30)40(56)16-9-4-2-1-3-6-11-29-12-10-15-33-36(29)27-54(46(33)59)38-19-20-39(55)52-45(38)58/h5,7-8,10,12-15,17-18,25-26,28,30,38H,1-4,9,16,19-24,27H2,(H,52,55,58)(H2,48,49,50,51). The van der Waals surface area contributed by atoms with E-state index in [4.69, 9.17) is 16.3 Å². The molecule has 2 aromatic heterocycles. The maximum Gasteiger partial charge on any atom is 0.255 e. The molecule has 0 bridgehead atoms. The fraction of sp³-hybridized carbons (Fsp3) is 0.326. The molecule has 306 valence electrons. The van der Waals surface area contributed by atoms with Crippen molar-refractivity contribution in [3.8, 4) is 23.3 Å². The number of aromatic amines is 1. The fourth-order valence-corrected chi connectivity index (χ4v) is 8.35. The minimum Gasteiger partial charge on any atom is -0.457 e. The maximum atomic E-state index is 13.8. The number of H-pyrrole nitrogens is 1. The number of anilines is 1. The Balaban J connectivity index is 0.771. The lowest BCUT2D eigenvalue weighted by Gasteiger charge is -2.33. The van der Waals surface area contributed by atoms with Crippen LogP contribution in [0.15, 0.2) is 79.3 Å². The number of nitrogens with zero attached hydrogens (tertiary/aromatic N) is 4. The number of ketones is 1. The van der Waals surface area contributed by atoms with Crippen molar-refractivity contribution in [1.29, 1.82) is 0 Å². The predicted molar refractivity (Wildman–Crippen MR) is 226 cm³/mol. The molecule has 3 aromatic carbocycles. The first-order valence-corrected chi connectivity index (χ1v) is 20.8. The Bertz CT molecular complexity index is 2520. The van der Waals surface area contributed by atoms with Crippen LogP contribution < -0.4 is 15.4 Å². The molecule has 3 aliphatic rings. The quantitative estimate of drug-likeness (QED) is 0.0482. The number of nitrogens with one attached hydrogen (secondary N) is 3. The summed E-state index contributed by atoms with van der Waals surface area (Å²) in [4.78, 5) is 79.4. The summed E-state index contributed by atoms with van der Waals surface area (Å²) in [5.74, 6) is 7.16. The van der Waals surface area contributed by atoms with Gasteiger partial charge in [0.1, 0.15) is 35.3 Å². The molecule has 5 heterocycles. The number of carbonyl (C=O) groups excluding carboxylic acids is 5. The number of fused-ring (bicyclic) bond motifs is 2. The number of hydrogen-bond acceptors (Lipinski definition) is 9. The molecule has 8 rings (SSSR count). The normalized spacial score (nSPS) is 16.6. The Morgan fingerprint density at radius 2 is 1.72 bits per heavy atom. The van der Waals surface area contributed by atoms with E-state index in [1.54, 1.807) is 35.4 Å².